The van der Waals surface area contributed by atoms with Gasteiger partial charge in [0.05, 0.1) is 12.2 Å². The summed E-state index contributed by atoms with van der Waals surface area (Å²) in [4.78, 5) is 0. The summed E-state index contributed by atoms with van der Waals surface area (Å²) in [5.41, 5.74) is 0.694. The summed E-state index contributed by atoms with van der Waals surface area (Å²) >= 11 is 0. The van der Waals surface area contributed by atoms with Gasteiger partial charge in [-0.2, -0.15) is 0 Å². The first kappa shape index (κ1) is 20.2. The summed E-state index contributed by atoms with van der Waals surface area (Å²) in [6.45, 7) is 7.74. The van der Waals surface area contributed by atoms with Gasteiger partial charge in [0.25, 0.3) is 0 Å². The molecule has 4 fully saturated rings. The van der Waals surface area contributed by atoms with Crippen LogP contribution in [0.5, 0.6) is 0 Å². The van der Waals surface area contributed by atoms with Crippen LogP contribution in [0.25, 0.3) is 0 Å². The molecule has 10 atom stereocenters. The molecular weight excluding hydrogens is 336 g/mol. The summed E-state index contributed by atoms with van der Waals surface area (Å²) in [6.07, 6.45) is 10.8. The van der Waals surface area contributed by atoms with Crippen LogP contribution in [-0.2, 0) is 0 Å². The van der Waals surface area contributed by atoms with Crippen molar-refractivity contribution in [2.75, 3.05) is 6.61 Å². The topological polar surface area (TPSA) is 60.7 Å². The van der Waals surface area contributed by atoms with Gasteiger partial charge in [-0.25, -0.2) is 0 Å². The van der Waals surface area contributed by atoms with Crippen molar-refractivity contribution in [3.05, 3.63) is 0 Å². The summed E-state index contributed by atoms with van der Waals surface area (Å²) in [5.74, 6) is 3.71. The van der Waals surface area contributed by atoms with Crippen LogP contribution in [0.1, 0.15) is 85.0 Å². The van der Waals surface area contributed by atoms with Crippen LogP contribution in [0.2, 0.25) is 0 Å². The Morgan fingerprint density at radius 2 is 1.63 bits per heavy atom. The summed E-state index contributed by atoms with van der Waals surface area (Å²) in [7, 11) is 0. The monoisotopic (exact) mass is 378 g/mol. The Labute approximate surface area is 165 Å². The third-order valence-corrected chi connectivity index (χ3v) is 10.2. The summed E-state index contributed by atoms with van der Waals surface area (Å²) < 4.78 is 0. The minimum atomic E-state index is -0.172. The van der Waals surface area contributed by atoms with E-state index in [2.05, 4.69) is 20.8 Å². The second-order valence-corrected chi connectivity index (χ2v) is 11.3. The highest BCUT2D eigenvalue weighted by Gasteiger charge is 2.62. The standard InChI is InChI=1S/C24H42O3/c1-15(5-4-12-25)18-6-7-19-22-20(9-11-24(18,19)3)23(2)10-8-17(26)13-16(23)14-21(22)27/h15-22,25-27H,4-14H2,1-3H3/t15-,16-,17-,18-,19+,20+,21-,22+,23+,24-/m1/s1. The maximum absolute atomic E-state index is 11.3. The molecule has 0 aromatic rings. The molecule has 0 radical (unpaired) electrons. The van der Waals surface area contributed by atoms with Gasteiger partial charge < -0.3 is 15.3 Å². The van der Waals surface area contributed by atoms with Crippen LogP contribution in [0.4, 0.5) is 0 Å². The van der Waals surface area contributed by atoms with Crippen molar-refractivity contribution >= 4 is 0 Å². The van der Waals surface area contributed by atoms with Crippen molar-refractivity contribution in [3.8, 4) is 0 Å². The Bertz CT molecular complexity index is 536. The van der Waals surface area contributed by atoms with Crippen LogP contribution in [0.3, 0.4) is 0 Å². The molecule has 0 bridgehead atoms. The minimum Gasteiger partial charge on any atom is -0.396 e. The zero-order valence-electron chi connectivity index (χ0n) is 17.7. The molecule has 4 saturated carbocycles. The molecular formula is C24H42O3. The Hall–Kier alpha value is -0.120. The molecule has 0 aromatic heterocycles. The van der Waals surface area contributed by atoms with E-state index in [9.17, 15) is 15.3 Å². The number of aliphatic hydroxyl groups is 3. The lowest BCUT2D eigenvalue weighted by atomic mass is 9.43. The smallest absolute Gasteiger partial charge is 0.0577 e. The van der Waals surface area contributed by atoms with Gasteiger partial charge in [0.15, 0.2) is 0 Å². The van der Waals surface area contributed by atoms with E-state index < -0.39 is 0 Å². The maximum atomic E-state index is 11.3. The molecule has 0 amide bonds. The number of aliphatic hydroxyl groups excluding tert-OH is 3. The first-order valence-corrected chi connectivity index (χ1v) is 11.8. The number of hydrogen-bond acceptors (Lipinski definition) is 3. The number of rotatable bonds is 4. The fraction of sp³-hybridized carbons (Fsp3) is 1.00. The van der Waals surface area contributed by atoms with Gasteiger partial charge in [-0.15, -0.1) is 0 Å². The molecule has 4 rings (SSSR count). The molecule has 0 aromatic carbocycles. The molecule has 0 heterocycles. The summed E-state index contributed by atoms with van der Waals surface area (Å²) in [6, 6.07) is 0. The largest absolute Gasteiger partial charge is 0.396 e. The Kier molecular flexibility index (Phi) is 5.44. The average molecular weight is 379 g/mol. The molecule has 156 valence electrons. The SMILES string of the molecule is C[C@H](CCCO)[C@H]1CC[C@H]2[C@@H]3[C@H](O)C[C@H]4C[C@H](O)CC[C@]4(C)[C@H]3CC[C@]12C. The van der Waals surface area contributed by atoms with Gasteiger partial charge in [-0.3, -0.25) is 0 Å². The van der Waals surface area contributed by atoms with Crippen molar-refractivity contribution in [1.82, 2.24) is 0 Å². The molecule has 3 heteroatoms. The fourth-order valence-electron chi connectivity index (χ4n) is 8.79. The van der Waals surface area contributed by atoms with E-state index in [4.69, 9.17) is 0 Å². The average Bonchev–Trinajstić information content (AvgIpc) is 2.98. The second-order valence-electron chi connectivity index (χ2n) is 11.3. The Balaban J connectivity index is 1.57. The lowest BCUT2D eigenvalue weighted by molar-refractivity contribution is -0.174. The van der Waals surface area contributed by atoms with Crippen molar-refractivity contribution < 1.29 is 15.3 Å². The van der Waals surface area contributed by atoms with Crippen molar-refractivity contribution in [2.45, 2.75) is 97.2 Å². The second kappa shape index (κ2) is 7.29. The molecule has 4 aliphatic carbocycles. The number of fused-ring (bicyclic) bond motifs is 5. The highest BCUT2D eigenvalue weighted by molar-refractivity contribution is 5.11. The number of hydrogen-bond donors (Lipinski definition) is 3. The van der Waals surface area contributed by atoms with Gasteiger partial charge >= 0.3 is 0 Å². The van der Waals surface area contributed by atoms with Gasteiger partial charge in [0.2, 0.25) is 0 Å². The van der Waals surface area contributed by atoms with Crippen molar-refractivity contribution in [2.24, 2.45) is 46.3 Å². The van der Waals surface area contributed by atoms with Crippen LogP contribution in [-0.4, -0.2) is 34.1 Å². The molecule has 4 aliphatic rings. The predicted octanol–water partition coefficient (Wildman–Crippen LogP) is 4.39. The van der Waals surface area contributed by atoms with E-state index in [0.717, 1.165) is 44.4 Å². The van der Waals surface area contributed by atoms with Crippen molar-refractivity contribution in [1.29, 1.82) is 0 Å². The third-order valence-electron chi connectivity index (χ3n) is 10.2. The van der Waals surface area contributed by atoms with Crippen LogP contribution in [0, 0.1) is 46.3 Å². The van der Waals surface area contributed by atoms with Gasteiger partial charge in [0, 0.05) is 6.61 Å². The Morgan fingerprint density at radius 3 is 2.37 bits per heavy atom. The van der Waals surface area contributed by atoms with E-state index in [1.807, 2.05) is 0 Å². The third kappa shape index (κ3) is 3.11. The Morgan fingerprint density at radius 1 is 0.926 bits per heavy atom. The van der Waals surface area contributed by atoms with E-state index in [-0.39, 0.29) is 12.2 Å². The molecule has 3 N–H and O–H groups in total. The molecule has 0 spiro atoms. The van der Waals surface area contributed by atoms with Gasteiger partial charge in [-0.1, -0.05) is 20.8 Å². The fourth-order valence-corrected chi connectivity index (χ4v) is 8.79. The van der Waals surface area contributed by atoms with E-state index in [1.54, 1.807) is 0 Å². The maximum Gasteiger partial charge on any atom is 0.0577 e. The first-order chi connectivity index (χ1) is 12.8. The lowest BCUT2D eigenvalue weighted by Gasteiger charge is -2.62. The normalized spacial score (nSPS) is 53.3. The predicted molar refractivity (Wildman–Crippen MR) is 108 cm³/mol. The molecule has 3 nitrogen and oxygen atoms in total. The van der Waals surface area contributed by atoms with Crippen LogP contribution < -0.4 is 0 Å². The minimum absolute atomic E-state index is 0.149. The molecule has 0 unspecified atom stereocenters. The molecule has 0 aliphatic heterocycles. The van der Waals surface area contributed by atoms with E-state index in [1.165, 1.54) is 25.7 Å². The van der Waals surface area contributed by atoms with Crippen LogP contribution in [0.15, 0.2) is 0 Å². The zero-order chi connectivity index (χ0) is 19.4. The molecule has 0 saturated heterocycles. The lowest BCUT2D eigenvalue weighted by Crippen LogP contribution is -2.58. The summed E-state index contributed by atoms with van der Waals surface area (Å²) in [5, 5.41) is 30.7. The van der Waals surface area contributed by atoms with Crippen molar-refractivity contribution in [3.63, 3.8) is 0 Å². The van der Waals surface area contributed by atoms with Crippen LogP contribution >= 0.6 is 0 Å². The van der Waals surface area contributed by atoms with Gasteiger partial charge in [0.1, 0.15) is 0 Å². The first-order valence-electron chi connectivity index (χ1n) is 11.8. The highest BCUT2D eigenvalue weighted by Crippen LogP contribution is 2.68. The van der Waals surface area contributed by atoms with E-state index in [0.29, 0.717) is 47.0 Å². The highest BCUT2D eigenvalue weighted by atomic mass is 16.3. The molecule has 27 heavy (non-hydrogen) atoms. The van der Waals surface area contributed by atoms with E-state index >= 15 is 0 Å². The van der Waals surface area contributed by atoms with Gasteiger partial charge in [-0.05, 0) is 111 Å². The quantitative estimate of drug-likeness (QED) is 0.680. The zero-order valence-corrected chi connectivity index (χ0v) is 17.7.